The second kappa shape index (κ2) is 7.63. The number of hydrogen-bond acceptors (Lipinski definition) is 3. The molecular formula is C18H27NO3. The van der Waals surface area contributed by atoms with Gasteiger partial charge in [-0.15, -0.1) is 0 Å². The van der Waals surface area contributed by atoms with E-state index in [-0.39, 0.29) is 5.91 Å². The van der Waals surface area contributed by atoms with Crippen molar-refractivity contribution >= 4 is 11.6 Å². The monoisotopic (exact) mass is 305 g/mol. The van der Waals surface area contributed by atoms with Gasteiger partial charge in [-0.3, -0.25) is 4.79 Å². The standard InChI is InChI=1S/C18H27NO3/c1-4-12-22-18(11-5-6-14(2)13-18)17(20)19-15-7-9-16(21-3)10-8-15/h7-10,14H,4-6,11-13H2,1-3H3,(H,19,20)/t14-,18+/m1/s1. The second-order valence-corrected chi connectivity index (χ2v) is 6.23. The minimum Gasteiger partial charge on any atom is -0.497 e. The summed E-state index contributed by atoms with van der Waals surface area (Å²) in [5.41, 5.74) is 0.108. The first kappa shape index (κ1) is 16.8. The molecule has 2 atom stereocenters. The SMILES string of the molecule is CCCO[C@@]1(C(=O)Nc2ccc(OC)cc2)CCC[C@@H](C)C1. The van der Waals surface area contributed by atoms with Crippen LogP contribution < -0.4 is 10.1 Å². The molecule has 0 spiro atoms. The van der Waals surface area contributed by atoms with E-state index < -0.39 is 5.60 Å². The van der Waals surface area contributed by atoms with Crippen LogP contribution in [0.2, 0.25) is 0 Å². The molecule has 0 aliphatic heterocycles. The van der Waals surface area contributed by atoms with E-state index in [9.17, 15) is 4.79 Å². The fraction of sp³-hybridized carbons (Fsp3) is 0.611. The molecule has 122 valence electrons. The van der Waals surface area contributed by atoms with Gasteiger partial charge in [-0.2, -0.15) is 0 Å². The Morgan fingerprint density at radius 1 is 1.36 bits per heavy atom. The molecular weight excluding hydrogens is 278 g/mol. The van der Waals surface area contributed by atoms with Gasteiger partial charge >= 0.3 is 0 Å². The van der Waals surface area contributed by atoms with Gasteiger partial charge in [-0.25, -0.2) is 0 Å². The minimum absolute atomic E-state index is 0.0160. The Bertz CT molecular complexity index is 486. The number of methoxy groups -OCH3 is 1. The third-order valence-corrected chi connectivity index (χ3v) is 4.30. The topological polar surface area (TPSA) is 47.6 Å². The number of carbonyl (C=O) groups excluding carboxylic acids is 1. The Morgan fingerprint density at radius 2 is 2.09 bits per heavy atom. The Balaban J connectivity index is 2.10. The van der Waals surface area contributed by atoms with Crippen molar-refractivity contribution in [3.8, 4) is 5.75 Å². The van der Waals surface area contributed by atoms with Crippen molar-refractivity contribution in [2.75, 3.05) is 19.0 Å². The highest BCUT2D eigenvalue weighted by Gasteiger charge is 2.42. The fourth-order valence-electron chi connectivity index (χ4n) is 3.12. The van der Waals surface area contributed by atoms with Gasteiger partial charge in [-0.1, -0.05) is 20.3 Å². The number of hydrogen-bond donors (Lipinski definition) is 1. The highest BCUT2D eigenvalue weighted by atomic mass is 16.5. The van der Waals surface area contributed by atoms with E-state index >= 15 is 0 Å². The van der Waals surface area contributed by atoms with E-state index in [1.54, 1.807) is 7.11 Å². The molecule has 1 amide bonds. The lowest BCUT2D eigenvalue weighted by molar-refractivity contribution is -0.148. The lowest BCUT2D eigenvalue weighted by Gasteiger charge is -2.38. The average molecular weight is 305 g/mol. The molecule has 1 aromatic rings. The van der Waals surface area contributed by atoms with Crippen molar-refractivity contribution in [1.29, 1.82) is 0 Å². The molecule has 0 aromatic heterocycles. The van der Waals surface area contributed by atoms with Crippen LogP contribution >= 0.6 is 0 Å². The molecule has 1 saturated carbocycles. The first-order chi connectivity index (χ1) is 10.6. The van der Waals surface area contributed by atoms with Crippen molar-refractivity contribution in [2.45, 2.75) is 51.6 Å². The summed E-state index contributed by atoms with van der Waals surface area (Å²) in [6.45, 7) is 4.90. The van der Waals surface area contributed by atoms with E-state index in [1.807, 2.05) is 24.3 Å². The first-order valence-corrected chi connectivity index (χ1v) is 8.19. The summed E-state index contributed by atoms with van der Waals surface area (Å²) >= 11 is 0. The summed E-state index contributed by atoms with van der Waals surface area (Å²) in [5, 5.41) is 3.01. The van der Waals surface area contributed by atoms with Gasteiger partial charge < -0.3 is 14.8 Å². The maximum atomic E-state index is 12.8. The quantitative estimate of drug-likeness (QED) is 0.864. The molecule has 1 N–H and O–H groups in total. The van der Waals surface area contributed by atoms with Gasteiger partial charge in [0, 0.05) is 12.3 Å². The zero-order chi connectivity index (χ0) is 16.0. The maximum Gasteiger partial charge on any atom is 0.256 e. The van der Waals surface area contributed by atoms with Crippen LogP contribution in [0.15, 0.2) is 24.3 Å². The van der Waals surface area contributed by atoms with E-state index in [0.29, 0.717) is 12.5 Å². The van der Waals surface area contributed by atoms with Crippen molar-refractivity contribution < 1.29 is 14.3 Å². The number of anilines is 1. The zero-order valence-corrected chi connectivity index (χ0v) is 13.9. The van der Waals surface area contributed by atoms with Crippen LogP contribution in [-0.2, 0) is 9.53 Å². The van der Waals surface area contributed by atoms with Gasteiger partial charge in [0.15, 0.2) is 0 Å². The summed E-state index contributed by atoms with van der Waals surface area (Å²) in [6, 6.07) is 7.41. The highest BCUT2D eigenvalue weighted by Crippen LogP contribution is 2.36. The van der Waals surface area contributed by atoms with Gasteiger partial charge in [-0.05, 0) is 55.9 Å². The average Bonchev–Trinajstić information content (AvgIpc) is 2.53. The fourth-order valence-corrected chi connectivity index (χ4v) is 3.12. The molecule has 0 radical (unpaired) electrons. The number of amides is 1. The summed E-state index contributed by atoms with van der Waals surface area (Å²) in [4.78, 5) is 12.8. The summed E-state index contributed by atoms with van der Waals surface area (Å²) in [5.74, 6) is 1.28. The van der Waals surface area contributed by atoms with E-state index in [1.165, 1.54) is 6.42 Å². The Hall–Kier alpha value is -1.55. The van der Waals surface area contributed by atoms with E-state index in [2.05, 4.69) is 19.2 Å². The van der Waals surface area contributed by atoms with Crippen LogP contribution in [0.4, 0.5) is 5.69 Å². The third-order valence-electron chi connectivity index (χ3n) is 4.30. The van der Waals surface area contributed by atoms with Crippen LogP contribution in [0, 0.1) is 5.92 Å². The smallest absolute Gasteiger partial charge is 0.256 e. The van der Waals surface area contributed by atoms with Crippen LogP contribution in [0.25, 0.3) is 0 Å². The Morgan fingerprint density at radius 3 is 2.68 bits per heavy atom. The molecule has 0 heterocycles. The maximum absolute atomic E-state index is 12.8. The van der Waals surface area contributed by atoms with Crippen LogP contribution in [-0.4, -0.2) is 25.2 Å². The van der Waals surface area contributed by atoms with Gasteiger partial charge in [0.25, 0.3) is 5.91 Å². The minimum atomic E-state index is -0.673. The molecule has 4 nitrogen and oxygen atoms in total. The number of nitrogens with one attached hydrogen (secondary N) is 1. The largest absolute Gasteiger partial charge is 0.497 e. The summed E-state index contributed by atoms with van der Waals surface area (Å²) < 4.78 is 11.2. The van der Waals surface area contributed by atoms with Gasteiger partial charge in [0.1, 0.15) is 11.4 Å². The Kier molecular flexibility index (Phi) is 5.83. The normalized spacial score (nSPS) is 24.8. The molecule has 2 rings (SSSR count). The van der Waals surface area contributed by atoms with Crippen LogP contribution in [0.3, 0.4) is 0 Å². The number of benzene rings is 1. The number of ether oxygens (including phenoxy) is 2. The van der Waals surface area contributed by atoms with Crippen molar-refractivity contribution in [3.63, 3.8) is 0 Å². The molecule has 4 heteroatoms. The van der Waals surface area contributed by atoms with Crippen molar-refractivity contribution in [3.05, 3.63) is 24.3 Å². The van der Waals surface area contributed by atoms with Crippen LogP contribution in [0.1, 0.15) is 46.0 Å². The number of carbonyl (C=O) groups is 1. The first-order valence-electron chi connectivity index (χ1n) is 8.19. The molecule has 0 unspecified atom stereocenters. The van der Waals surface area contributed by atoms with Gasteiger partial charge in [0.2, 0.25) is 0 Å². The molecule has 1 aliphatic carbocycles. The predicted octanol–water partition coefficient (Wildman–Crippen LogP) is 4.01. The van der Waals surface area contributed by atoms with Crippen molar-refractivity contribution in [1.82, 2.24) is 0 Å². The summed E-state index contributed by atoms with van der Waals surface area (Å²) in [7, 11) is 1.63. The molecule has 1 fully saturated rings. The summed E-state index contributed by atoms with van der Waals surface area (Å²) in [6.07, 6.45) is 4.74. The van der Waals surface area contributed by atoms with Crippen LogP contribution in [0.5, 0.6) is 5.75 Å². The Labute approximate surface area is 133 Å². The second-order valence-electron chi connectivity index (χ2n) is 6.23. The predicted molar refractivity (Wildman–Crippen MR) is 88.2 cm³/mol. The molecule has 1 aliphatic rings. The van der Waals surface area contributed by atoms with E-state index in [0.717, 1.165) is 37.1 Å². The molecule has 0 bridgehead atoms. The molecule has 1 aromatic carbocycles. The highest BCUT2D eigenvalue weighted by molar-refractivity contribution is 5.97. The molecule has 0 saturated heterocycles. The zero-order valence-electron chi connectivity index (χ0n) is 13.9. The lowest BCUT2D eigenvalue weighted by atomic mass is 9.78. The number of rotatable bonds is 6. The van der Waals surface area contributed by atoms with E-state index in [4.69, 9.17) is 9.47 Å². The molecule has 22 heavy (non-hydrogen) atoms. The van der Waals surface area contributed by atoms with Gasteiger partial charge in [0.05, 0.1) is 7.11 Å². The third kappa shape index (κ3) is 4.01. The van der Waals surface area contributed by atoms with Crippen molar-refractivity contribution in [2.24, 2.45) is 5.92 Å². The lowest BCUT2D eigenvalue weighted by Crippen LogP contribution is -2.48.